The van der Waals surface area contributed by atoms with E-state index in [4.69, 9.17) is 0 Å². The lowest BCUT2D eigenvalue weighted by molar-refractivity contribution is -0.0285. The second kappa shape index (κ2) is 8.19. The van der Waals surface area contributed by atoms with Crippen LogP contribution < -0.4 is 5.56 Å². The predicted molar refractivity (Wildman–Crippen MR) is 110 cm³/mol. The van der Waals surface area contributed by atoms with Crippen molar-refractivity contribution in [3.8, 4) is 17.3 Å². The van der Waals surface area contributed by atoms with Gasteiger partial charge in [-0.15, -0.1) is 0 Å². The van der Waals surface area contributed by atoms with E-state index in [2.05, 4.69) is 0 Å². The van der Waals surface area contributed by atoms with E-state index in [1.54, 1.807) is 24.3 Å². The molecule has 0 aliphatic heterocycles. The number of rotatable bonds is 5. The van der Waals surface area contributed by atoms with E-state index in [1.165, 1.54) is 4.57 Å². The van der Waals surface area contributed by atoms with Crippen molar-refractivity contribution in [3.05, 3.63) is 92.3 Å². The van der Waals surface area contributed by atoms with Crippen LogP contribution in [0.2, 0.25) is 0 Å². The Bertz CT molecular complexity index is 1210. The summed E-state index contributed by atoms with van der Waals surface area (Å²) in [5, 5.41) is 9.43. The molecule has 6 heteroatoms. The van der Waals surface area contributed by atoms with Gasteiger partial charge in [-0.05, 0) is 49.6 Å². The fourth-order valence-electron chi connectivity index (χ4n) is 3.51. The molecule has 2 aromatic carbocycles. The van der Waals surface area contributed by atoms with E-state index >= 15 is 0 Å². The zero-order chi connectivity index (χ0) is 22.1. The van der Waals surface area contributed by atoms with Gasteiger partial charge in [0.1, 0.15) is 11.6 Å². The largest absolute Gasteiger partial charge is 0.303 e. The third-order valence-electron chi connectivity index (χ3n) is 5.11. The van der Waals surface area contributed by atoms with Crippen LogP contribution in [0, 0.1) is 32.1 Å². The van der Waals surface area contributed by atoms with Crippen molar-refractivity contribution in [2.45, 2.75) is 33.2 Å². The van der Waals surface area contributed by atoms with Crippen LogP contribution >= 0.6 is 0 Å². The quantitative estimate of drug-likeness (QED) is 0.564. The summed E-state index contributed by atoms with van der Waals surface area (Å²) >= 11 is 0. The molecule has 0 aliphatic carbocycles. The Morgan fingerprint density at radius 2 is 1.73 bits per heavy atom. The molecule has 0 amide bonds. The van der Waals surface area contributed by atoms with Gasteiger partial charge in [0, 0.05) is 5.56 Å². The minimum atomic E-state index is -3.93. The van der Waals surface area contributed by atoms with Crippen molar-refractivity contribution in [1.82, 2.24) is 4.57 Å². The van der Waals surface area contributed by atoms with Gasteiger partial charge in [-0.2, -0.15) is 14.0 Å². The monoisotopic (exact) mass is 410 g/mol. The van der Waals surface area contributed by atoms with Crippen LogP contribution in [0.25, 0.3) is 11.3 Å². The van der Waals surface area contributed by atoms with Gasteiger partial charge in [0.2, 0.25) is 0 Å². The molecule has 0 atom stereocenters. The molecule has 0 radical (unpaired) electrons. The molecular formula is C24H21F3N2O. The highest BCUT2D eigenvalue weighted by Gasteiger charge is 2.37. The van der Waals surface area contributed by atoms with Crippen LogP contribution in [0.3, 0.4) is 0 Å². The summed E-state index contributed by atoms with van der Waals surface area (Å²) < 4.78 is 42.9. The van der Waals surface area contributed by atoms with Gasteiger partial charge in [-0.25, -0.2) is 4.39 Å². The van der Waals surface area contributed by atoms with Crippen molar-refractivity contribution in [2.75, 3.05) is 6.67 Å². The van der Waals surface area contributed by atoms with Crippen LogP contribution in [0.5, 0.6) is 0 Å². The predicted octanol–water partition coefficient (Wildman–Crippen LogP) is 5.42. The second-order valence-corrected chi connectivity index (χ2v) is 7.46. The number of aromatic nitrogens is 1. The Morgan fingerprint density at radius 3 is 2.33 bits per heavy atom. The zero-order valence-electron chi connectivity index (χ0n) is 17.0. The molecule has 3 rings (SSSR count). The molecule has 154 valence electrons. The van der Waals surface area contributed by atoms with Gasteiger partial charge in [0.25, 0.3) is 5.56 Å². The van der Waals surface area contributed by atoms with Gasteiger partial charge in [-0.3, -0.25) is 4.79 Å². The molecule has 1 heterocycles. The summed E-state index contributed by atoms with van der Waals surface area (Å²) in [5.74, 6) is -3.93. The smallest absolute Gasteiger partial charge is 0.302 e. The second-order valence-electron chi connectivity index (χ2n) is 7.46. The highest BCUT2D eigenvalue weighted by atomic mass is 19.3. The fourth-order valence-corrected chi connectivity index (χ4v) is 3.51. The Labute approximate surface area is 173 Å². The maximum absolute atomic E-state index is 14.3. The summed E-state index contributed by atoms with van der Waals surface area (Å²) in [4.78, 5) is 13.1. The maximum Gasteiger partial charge on any atom is 0.302 e. The summed E-state index contributed by atoms with van der Waals surface area (Å²) in [6.45, 7) is 3.80. The Balaban J connectivity index is 2.34. The van der Waals surface area contributed by atoms with E-state index < -0.39 is 29.3 Å². The molecule has 0 saturated carbocycles. The molecule has 0 saturated heterocycles. The molecule has 0 N–H and O–H groups in total. The molecule has 1 aromatic heterocycles. The van der Waals surface area contributed by atoms with E-state index in [0.717, 1.165) is 28.3 Å². The maximum atomic E-state index is 14.3. The number of hydrogen-bond acceptors (Lipinski definition) is 2. The first-order valence-corrected chi connectivity index (χ1v) is 9.43. The third-order valence-corrected chi connectivity index (χ3v) is 5.11. The van der Waals surface area contributed by atoms with Crippen LogP contribution in [-0.4, -0.2) is 11.2 Å². The van der Waals surface area contributed by atoms with Crippen LogP contribution in [-0.2, 0) is 12.5 Å². The number of hydrogen-bond donors (Lipinski definition) is 0. The van der Waals surface area contributed by atoms with Crippen LogP contribution in [0.4, 0.5) is 13.2 Å². The first-order chi connectivity index (χ1) is 14.2. The average molecular weight is 410 g/mol. The van der Waals surface area contributed by atoms with E-state index in [-0.39, 0.29) is 12.2 Å². The van der Waals surface area contributed by atoms with Gasteiger partial charge in [0.05, 0.1) is 12.2 Å². The fraction of sp³-hybridized carbons (Fsp3) is 0.250. The third kappa shape index (κ3) is 4.02. The van der Waals surface area contributed by atoms with Crippen molar-refractivity contribution in [1.29, 1.82) is 5.26 Å². The average Bonchev–Trinajstić information content (AvgIpc) is 2.70. The molecule has 0 bridgehead atoms. The number of aryl methyl sites for hydroxylation is 3. The highest BCUT2D eigenvalue weighted by Crippen LogP contribution is 2.33. The molecule has 0 aliphatic rings. The summed E-state index contributed by atoms with van der Waals surface area (Å²) in [6, 6.07) is 15.4. The number of alkyl halides is 3. The van der Waals surface area contributed by atoms with Crippen molar-refractivity contribution in [3.63, 3.8) is 0 Å². The number of halogens is 3. The zero-order valence-corrected chi connectivity index (χ0v) is 17.0. The van der Waals surface area contributed by atoms with Crippen LogP contribution in [0.15, 0.2) is 53.3 Å². The lowest BCUT2D eigenvalue weighted by Gasteiger charge is -2.20. The van der Waals surface area contributed by atoms with Gasteiger partial charge in [0.15, 0.2) is 6.67 Å². The minimum absolute atomic E-state index is 0.102. The molecular weight excluding hydrogens is 389 g/mol. The summed E-state index contributed by atoms with van der Waals surface area (Å²) in [7, 11) is 0. The Morgan fingerprint density at radius 1 is 1.03 bits per heavy atom. The Hall–Kier alpha value is -3.33. The van der Waals surface area contributed by atoms with Crippen molar-refractivity contribution >= 4 is 0 Å². The minimum Gasteiger partial charge on any atom is -0.303 e. The molecule has 0 fully saturated rings. The lowest BCUT2D eigenvalue weighted by atomic mass is 9.98. The lowest BCUT2D eigenvalue weighted by Crippen LogP contribution is -2.30. The molecule has 0 unspecified atom stereocenters. The van der Waals surface area contributed by atoms with Gasteiger partial charge in [-0.1, -0.05) is 47.5 Å². The van der Waals surface area contributed by atoms with Crippen LogP contribution in [0.1, 0.15) is 33.4 Å². The molecule has 3 nitrogen and oxygen atoms in total. The van der Waals surface area contributed by atoms with E-state index in [0.29, 0.717) is 5.56 Å². The first kappa shape index (κ1) is 21.4. The number of benzene rings is 2. The standard InChI is InChI=1S/C24H21F3N2O/c1-15-5-4-6-18(10-15)22-11-21(24(26,27)14-25)20(12-28)23(30)29(22)13-19-8-7-16(2)9-17(19)3/h4-11H,13-14H2,1-3H3. The molecule has 0 spiro atoms. The SMILES string of the molecule is Cc1cccc(-c2cc(C(F)(F)CF)c(C#N)c(=O)n2Cc2ccc(C)cc2C)c1. The summed E-state index contributed by atoms with van der Waals surface area (Å²) in [5.41, 5.74) is 1.96. The normalized spacial score (nSPS) is 11.4. The highest BCUT2D eigenvalue weighted by molar-refractivity contribution is 5.63. The number of pyridine rings is 1. The number of nitriles is 1. The van der Waals surface area contributed by atoms with E-state index in [1.807, 2.05) is 45.0 Å². The topological polar surface area (TPSA) is 45.8 Å². The van der Waals surface area contributed by atoms with Crippen molar-refractivity contribution in [2.24, 2.45) is 0 Å². The van der Waals surface area contributed by atoms with Gasteiger partial charge >= 0.3 is 5.92 Å². The molecule has 3 aromatic rings. The first-order valence-electron chi connectivity index (χ1n) is 9.43. The summed E-state index contributed by atoms with van der Waals surface area (Å²) in [6.07, 6.45) is 0. The number of nitrogens with zero attached hydrogens (tertiary/aromatic N) is 2. The van der Waals surface area contributed by atoms with E-state index in [9.17, 15) is 23.2 Å². The molecule has 30 heavy (non-hydrogen) atoms. The van der Waals surface area contributed by atoms with Gasteiger partial charge < -0.3 is 4.57 Å². The Kier molecular flexibility index (Phi) is 5.84. The van der Waals surface area contributed by atoms with Crippen molar-refractivity contribution < 1.29 is 13.2 Å².